The summed E-state index contributed by atoms with van der Waals surface area (Å²) in [4.78, 5) is 11.7. The van der Waals surface area contributed by atoms with Gasteiger partial charge in [0.15, 0.2) is 0 Å². The van der Waals surface area contributed by atoms with Crippen LogP contribution in [0.25, 0.3) is 0 Å². The number of nitrogens with zero attached hydrogens (tertiary/aromatic N) is 1. The summed E-state index contributed by atoms with van der Waals surface area (Å²) < 4.78 is 0.710. The summed E-state index contributed by atoms with van der Waals surface area (Å²) in [5.74, 6) is -0.324. The molecule has 0 spiro atoms. The molecule has 0 saturated carbocycles. The van der Waals surface area contributed by atoms with E-state index in [1.165, 1.54) is 12.1 Å². The number of hydrogen-bond acceptors (Lipinski definition) is 4. The number of benzene rings is 1. The van der Waals surface area contributed by atoms with Crippen LogP contribution in [0.1, 0.15) is 23.2 Å². The summed E-state index contributed by atoms with van der Waals surface area (Å²) in [6.45, 7) is 0.376. The van der Waals surface area contributed by atoms with Crippen LogP contribution in [0.4, 0.5) is 0 Å². The molecular weight excluding hydrogens is 302 g/mol. The van der Waals surface area contributed by atoms with Gasteiger partial charge in [-0.05, 0) is 24.6 Å². The Morgan fingerprint density at radius 2 is 2.22 bits per heavy atom. The Morgan fingerprint density at radius 1 is 1.50 bits per heavy atom. The summed E-state index contributed by atoms with van der Waals surface area (Å²) in [6.07, 6.45) is 0.942. The number of carbonyl (C=O) groups excluding carboxylic acids is 1. The van der Waals surface area contributed by atoms with Crippen LogP contribution in [0.3, 0.4) is 0 Å². The van der Waals surface area contributed by atoms with Crippen LogP contribution in [0, 0.1) is 0 Å². The lowest BCUT2D eigenvalue weighted by molar-refractivity contribution is 0.0950. The third kappa shape index (κ3) is 4.25. The van der Waals surface area contributed by atoms with Gasteiger partial charge in [-0.3, -0.25) is 4.79 Å². The normalized spacial score (nSPS) is 11.3. The number of phenols is 1. The van der Waals surface area contributed by atoms with Crippen LogP contribution in [0.15, 0.2) is 27.8 Å². The van der Waals surface area contributed by atoms with E-state index in [1.807, 2.05) is 0 Å². The molecule has 98 valence electrons. The van der Waals surface area contributed by atoms with E-state index in [-0.39, 0.29) is 23.1 Å². The molecule has 1 aromatic carbocycles. The molecule has 0 unspecified atom stereocenters. The van der Waals surface area contributed by atoms with Crippen LogP contribution in [0.5, 0.6) is 5.75 Å². The van der Waals surface area contributed by atoms with Gasteiger partial charge in [-0.25, -0.2) is 0 Å². The number of amides is 1. The van der Waals surface area contributed by atoms with Crippen molar-refractivity contribution in [2.24, 2.45) is 10.9 Å². The van der Waals surface area contributed by atoms with E-state index >= 15 is 0 Å². The van der Waals surface area contributed by atoms with Gasteiger partial charge in [0.2, 0.25) is 0 Å². The van der Waals surface area contributed by atoms with E-state index in [0.717, 1.165) is 0 Å². The Morgan fingerprint density at radius 3 is 2.89 bits per heavy atom. The second-order valence-corrected chi connectivity index (χ2v) is 4.53. The van der Waals surface area contributed by atoms with Gasteiger partial charge in [-0.2, -0.15) is 0 Å². The molecule has 0 aromatic heterocycles. The van der Waals surface area contributed by atoms with Crippen LogP contribution >= 0.6 is 15.9 Å². The molecule has 1 rings (SSSR count). The van der Waals surface area contributed by atoms with Crippen molar-refractivity contribution in [2.75, 3.05) is 6.54 Å². The Bertz CT molecular complexity index is 463. The smallest absolute Gasteiger partial charge is 0.255 e. The molecule has 0 bridgehead atoms. The van der Waals surface area contributed by atoms with E-state index in [1.54, 1.807) is 6.07 Å². The molecule has 5 N–H and O–H groups in total. The molecule has 1 aromatic rings. The van der Waals surface area contributed by atoms with Crippen molar-refractivity contribution in [3.8, 4) is 5.75 Å². The first-order valence-electron chi connectivity index (χ1n) is 5.27. The zero-order valence-corrected chi connectivity index (χ0v) is 11.1. The summed E-state index contributed by atoms with van der Waals surface area (Å²) in [7, 11) is 0. The zero-order valence-electron chi connectivity index (χ0n) is 9.56. The standard InChI is InChI=1S/C11H14BrN3O3/c12-7-3-4-9(16)8(6-7)11(17)14-5-1-2-10(13)15-18/h3-4,6,16,18H,1-2,5H2,(H2,13,15)(H,14,17). The second-order valence-electron chi connectivity index (χ2n) is 3.61. The van der Waals surface area contributed by atoms with Gasteiger partial charge in [-0.1, -0.05) is 21.1 Å². The number of rotatable bonds is 5. The largest absolute Gasteiger partial charge is 0.507 e. The van der Waals surface area contributed by atoms with Crippen molar-refractivity contribution in [1.82, 2.24) is 5.32 Å². The predicted molar refractivity (Wildman–Crippen MR) is 70.8 cm³/mol. The fourth-order valence-electron chi connectivity index (χ4n) is 1.31. The van der Waals surface area contributed by atoms with Crippen molar-refractivity contribution in [2.45, 2.75) is 12.8 Å². The maximum absolute atomic E-state index is 11.7. The fourth-order valence-corrected chi connectivity index (χ4v) is 1.67. The lowest BCUT2D eigenvalue weighted by Crippen LogP contribution is -2.25. The predicted octanol–water partition coefficient (Wildman–Crippen LogP) is 1.41. The minimum Gasteiger partial charge on any atom is -0.507 e. The SMILES string of the molecule is N/C(CCCNC(=O)c1cc(Br)ccc1O)=N/O. The molecule has 0 heterocycles. The first kappa shape index (κ1) is 14.3. The molecule has 18 heavy (non-hydrogen) atoms. The third-order valence-corrected chi connectivity index (χ3v) is 2.72. The molecule has 1 amide bonds. The highest BCUT2D eigenvalue weighted by molar-refractivity contribution is 9.10. The van der Waals surface area contributed by atoms with E-state index in [0.29, 0.717) is 23.9 Å². The lowest BCUT2D eigenvalue weighted by atomic mass is 10.2. The third-order valence-electron chi connectivity index (χ3n) is 2.23. The summed E-state index contributed by atoms with van der Waals surface area (Å²) >= 11 is 3.22. The molecule has 7 heteroatoms. The molecule has 0 aliphatic carbocycles. The summed E-state index contributed by atoms with van der Waals surface area (Å²) in [5.41, 5.74) is 5.49. The van der Waals surface area contributed by atoms with Crippen molar-refractivity contribution in [3.63, 3.8) is 0 Å². The molecule has 6 nitrogen and oxygen atoms in total. The van der Waals surface area contributed by atoms with Crippen LogP contribution < -0.4 is 11.1 Å². The number of nitrogens with two attached hydrogens (primary N) is 1. The number of halogens is 1. The molecule has 0 aliphatic rings. The monoisotopic (exact) mass is 315 g/mol. The number of aromatic hydroxyl groups is 1. The Labute approximate surface area is 113 Å². The van der Waals surface area contributed by atoms with E-state index < -0.39 is 0 Å². The number of carbonyl (C=O) groups is 1. The van der Waals surface area contributed by atoms with Gasteiger partial charge in [0.1, 0.15) is 11.6 Å². The average Bonchev–Trinajstić information content (AvgIpc) is 2.36. The second kappa shape index (κ2) is 6.85. The minimum absolute atomic E-state index is 0.0767. The highest BCUT2D eigenvalue weighted by atomic mass is 79.9. The quantitative estimate of drug-likeness (QED) is 0.216. The van der Waals surface area contributed by atoms with Crippen molar-refractivity contribution in [1.29, 1.82) is 0 Å². The van der Waals surface area contributed by atoms with Crippen molar-refractivity contribution in [3.05, 3.63) is 28.2 Å². The van der Waals surface area contributed by atoms with Gasteiger partial charge in [0, 0.05) is 17.4 Å². The zero-order chi connectivity index (χ0) is 13.5. The maximum Gasteiger partial charge on any atom is 0.255 e. The van der Waals surface area contributed by atoms with E-state index in [2.05, 4.69) is 26.4 Å². The highest BCUT2D eigenvalue weighted by Gasteiger charge is 2.10. The molecule has 0 radical (unpaired) electrons. The lowest BCUT2D eigenvalue weighted by Gasteiger charge is -2.07. The molecule has 0 saturated heterocycles. The topological polar surface area (TPSA) is 108 Å². The van der Waals surface area contributed by atoms with Crippen molar-refractivity contribution >= 4 is 27.7 Å². The van der Waals surface area contributed by atoms with Crippen LogP contribution in [-0.4, -0.2) is 28.6 Å². The fraction of sp³-hybridized carbons (Fsp3) is 0.273. The Balaban J connectivity index is 2.48. The Hall–Kier alpha value is -1.76. The van der Waals surface area contributed by atoms with Gasteiger partial charge < -0.3 is 21.4 Å². The minimum atomic E-state index is -0.367. The van der Waals surface area contributed by atoms with E-state index in [9.17, 15) is 9.90 Å². The highest BCUT2D eigenvalue weighted by Crippen LogP contribution is 2.21. The summed E-state index contributed by atoms with van der Waals surface area (Å²) in [6, 6.07) is 4.62. The Kier molecular flexibility index (Phi) is 5.44. The number of oxime groups is 1. The van der Waals surface area contributed by atoms with Gasteiger partial charge >= 0.3 is 0 Å². The van der Waals surface area contributed by atoms with Crippen LogP contribution in [-0.2, 0) is 0 Å². The number of phenolic OH excluding ortho intramolecular Hbond substituents is 1. The van der Waals surface area contributed by atoms with Gasteiger partial charge in [0.05, 0.1) is 5.56 Å². The van der Waals surface area contributed by atoms with Crippen molar-refractivity contribution < 1.29 is 15.1 Å². The number of hydrogen-bond donors (Lipinski definition) is 4. The maximum atomic E-state index is 11.7. The van der Waals surface area contributed by atoms with Crippen LogP contribution in [0.2, 0.25) is 0 Å². The first-order valence-corrected chi connectivity index (χ1v) is 6.07. The molecule has 0 fully saturated rings. The van der Waals surface area contributed by atoms with E-state index in [4.69, 9.17) is 10.9 Å². The molecule has 0 aliphatic heterocycles. The molecule has 0 atom stereocenters. The average molecular weight is 316 g/mol. The van der Waals surface area contributed by atoms with Gasteiger partial charge in [-0.15, -0.1) is 0 Å². The number of amidine groups is 1. The summed E-state index contributed by atoms with van der Waals surface area (Å²) in [5, 5.41) is 23.3. The number of nitrogens with one attached hydrogen (secondary N) is 1. The first-order chi connectivity index (χ1) is 8.54. The van der Waals surface area contributed by atoms with Gasteiger partial charge in [0.25, 0.3) is 5.91 Å². The molecular formula is C11H14BrN3O3.